The van der Waals surface area contributed by atoms with Crippen LogP contribution >= 0.6 is 22.7 Å². The smallest absolute Gasteiger partial charge is 0.330 e. The van der Waals surface area contributed by atoms with E-state index in [0.29, 0.717) is 5.52 Å². The standard InChI is InChI=1S/C15H11N4S.3C14H10N5.C14H9N4S/c1-18-12-3-5-17-7-11(12)13-15(18)20-14-10-6-16-4-2-9(10)8-19(13)14;1-3-15-5-12-10(1)6-17-8-13-18(14(12)17)7-11-2-4-16-9-19(11)13;1-3-15-5-12-10(1)6-18-13(12)8-17-7-11-2-4-16-9-19(11)14(17)18;1-2-15-6-12-10(1)7-17-9-18-8-11-5-16-3-4-19(11)14(18)13(12)17;1-3-15-5-10-9(1)7-17-12(10)8-18-11-2-4-16-6-13(11)19-14(17)18/h2-7H,8H2,1H3;2*1-5,7-9H,6H2;1-6,8-9H,7H2;1-6,8H,7H2/q5*+1/i1D3;;;;. The summed E-state index contributed by atoms with van der Waals surface area (Å²) in [6, 6.07) is 18.3. The lowest BCUT2D eigenvalue weighted by Crippen LogP contribution is -2.30. The third-order valence-corrected chi connectivity index (χ3v) is 21.4. The molecule has 20 aromatic rings. The third-order valence-electron chi connectivity index (χ3n) is 19.0. The van der Waals surface area contributed by atoms with Crippen LogP contribution in [-0.4, -0.2) is 85.7 Å². The van der Waals surface area contributed by atoms with Crippen LogP contribution in [0.15, 0.2) is 229 Å². The summed E-state index contributed by atoms with van der Waals surface area (Å²) in [5.74, 6) is 2.33. The molecule has 96 heavy (non-hydrogen) atoms. The van der Waals surface area contributed by atoms with Gasteiger partial charge in [0.15, 0.2) is 52.6 Å². The van der Waals surface area contributed by atoms with Gasteiger partial charge in [0.2, 0.25) is 0 Å². The Bertz CT molecular complexity index is 6740. The van der Waals surface area contributed by atoms with Crippen LogP contribution in [0.1, 0.15) is 31.9 Å². The second-order valence-corrected chi connectivity index (χ2v) is 26.2. The minimum Gasteiger partial charge on any atom is -0.330 e. The number of rotatable bonds is 0. The number of hydrogen-bond donors (Lipinski definition) is 0. The molecular formula is C71H50N23S2+5. The Morgan fingerprint density at radius 2 is 1.16 bits per heavy atom. The molecule has 25 heterocycles. The van der Waals surface area contributed by atoms with Gasteiger partial charge in [-0.1, -0.05) is 0 Å². The second kappa shape index (κ2) is 20.2. The first-order valence-corrected chi connectivity index (χ1v) is 32.7. The molecule has 0 aliphatic carbocycles. The molecule has 456 valence electrons. The summed E-state index contributed by atoms with van der Waals surface area (Å²) in [5.41, 5.74) is 24.8. The van der Waals surface area contributed by atoms with E-state index < -0.39 is 6.98 Å². The average molecular weight is 1290 g/mol. The van der Waals surface area contributed by atoms with Gasteiger partial charge in [0.25, 0.3) is 27.6 Å². The fourth-order valence-corrected chi connectivity index (χ4v) is 17.1. The van der Waals surface area contributed by atoms with E-state index in [1.165, 1.54) is 110 Å². The quantitative estimate of drug-likeness (QED) is 0.133. The second-order valence-electron chi connectivity index (χ2n) is 24.2. The zero-order valence-corrected chi connectivity index (χ0v) is 52.1. The SMILES string of the molecule is [2H]C([2H])([2H])n1c2ccncc2c2c1sc1[n+]2Cc2ccncc2-1.c1cc2c(cn1)-c1c3n4ccncc4c[n+]3cn1C2.c1cc2c(cn1)-c1c[n+]3c4ccncc4sc3n1C2.c1cc2c(cn1)-c1c[n+]3cc4ccncn4c3n1C2.c1cc2c(cn1)-c1n3cc4ccncn4c3c[n+]1C2. The average Bonchev–Trinajstić information content (AvgIpc) is 1.58. The van der Waals surface area contributed by atoms with Crippen LogP contribution in [0.25, 0.3) is 126 Å². The van der Waals surface area contributed by atoms with E-state index in [2.05, 4.69) is 177 Å². The summed E-state index contributed by atoms with van der Waals surface area (Å²) in [6.07, 6.45) is 54.1. The lowest BCUT2D eigenvalue weighted by Gasteiger charge is -1.93. The van der Waals surface area contributed by atoms with Gasteiger partial charge in [0.05, 0.1) is 64.8 Å². The van der Waals surface area contributed by atoms with Gasteiger partial charge in [-0.2, -0.15) is 17.8 Å². The molecule has 5 aliphatic rings. The molecule has 0 fully saturated rings. The van der Waals surface area contributed by atoms with Crippen molar-refractivity contribution >= 4 is 92.7 Å². The minimum atomic E-state index is -2.22. The number of aromatic nitrogens is 23. The molecule has 0 amide bonds. The van der Waals surface area contributed by atoms with Crippen molar-refractivity contribution in [1.29, 1.82) is 0 Å². The summed E-state index contributed by atoms with van der Waals surface area (Å²) in [7, 11) is 0. The lowest BCUT2D eigenvalue weighted by atomic mass is 10.1. The van der Waals surface area contributed by atoms with Crippen molar-refractivity contribution in [2.24, 2.45) is 6.98 Å². The number of pyridine rings is 7. The Kier molecular flexibility index (Phi) is 10.5. The zero-order valence-electron chi connectivity index (χ0n) is 53.5. The van der Waals surface area contributed by atoms with E-state index in [1.54, 1.807) is 36.0 Å². The van der Waals surface area contributed by atoms with Gasteiger partial charge in [-0.25, -0.2) is 36.9 Å². The van der Waals surface area contributed by atoms with E-state index in [4.69, 9.17) is 4.11 Å². The Balaban J connectivity index is 0.0000000814. The van der Waals surface area contributed by atoms with Crippen LogP contribution in [0.5, 0.6) is 0 Å². The molecule has 0 N–H and O–H groups in total. The molecule has 20 aromatic heterocycles. The van der Waals surface area contributed by atoms with Gasteiger partial charge in [-0.05, 0) is 71.2 Å². The van der Waals surface area contributed by atoms with Crippen molar-refractivity contribution in [1.82, 2.24) is 85.7 Å². The first kappa shape index (κ1) is 50.0. The maximum Gasteiger partial charge on any atom is 0.376 e. The highest BCUT2D eigenvalue weighted by Crippen LogP contribution is 2.40. The predicted octanol–water partition coefficient (Wildman–Crippen LogP) is 8.65. The van der Waals surface area contributed by atoms with Gasteiger partial charge in [0, 0.05) is 155 Å². The minimum absolute atomic E-state index is 0.700. The van der Waals surface area contributed by atoms with Crippen molar-refractivity contribution in [2.45, 2.75) is 32.7 Å². The van der Waals surface area contributed by atoms with E-state index in [1.807, 2.05) is 130 Å². The molecule has 5 aliphatic heterocycles. The first-order valence-electron chi connectivity index (χ1n) is 32.5. The molecule has 23 nitrogen and oxygen atoms in total. The number of fused-ring (bicyclic) bond motifs is 35. The van der Waals surface area contributed by atoms with Crippen molar-refractivity contribution in [2.75, 3.05) is 0 Å². The lowest BCUT2D eigenvalue weighted by molar-refractivity contribution is -0.670. The van der Waals surface area contributed by atoms with Crippen LogP contribution in [-0.2, 0) is 39.7 Å². The molecule has 0 saturated heterocycles. The molecular weight excluding hydrogens is 1240 g/mol. The predicted molar refractivity (Wildman–Crippen MR) is 358 cm³/mol. The van der Waals surface area contributed by atoms with E-state index in [9.17, 15) is 0 Å². The Morgan fingerprint density at radius 3 is 1.98 bits per heavy atom. The van der Waals surface area contributed by atoms with Crippen molar-refractivity contribution in [3.05, 3.63) is 256 Å². The van der Waals surface area contributed by atoms with Crippen LogP contribution < -0.4 is 22.3 Å². The summed E-state index contributed by atoms with van der Waals surface area (Å²) in [6.45, 7) is 2.17. The molecule has 0 atom stereocenters. The normalized spacial score (nSPS) is 13.6. The summed E-state index contributed by atoms with van der Waals surface area (Å²) < 4.78 is 53.0. The Hall–Kier alpha value is -12.6. The van der Waals surface area contributed by atoms with E-state index in [0.717, 1.165) is 87.0 Å². The summed E-state index contributed by atoms with van der Waals surface area (Å²) in [5, 5.41) is 1.93. The molecule has 0 radical (unpaired) electrons. The molecule has 0 aromatic carbocycles. The van der Waals surface area contributed by atoms with Crippen LogP contribution in [0, 0.1) is 0 Å². The fourth-order valence-electron chi connectivity index (χ4n) is 14.8. The molecule has 0 spiro atoms. The summed E-state index contributed by atoms with van der Waals surface area (Å²) in [4.78, 5) is 44.2. The number of nitrogens with zero attached hydrogens (tertiary/aromatic N) is 23. The summed E-state index contributed by atoms with van der Waals surface area (Å²) >= 11 is 3.29. The largest absolute Gasteiger partial charge is 0.376 e. The highest BCUT2D eigenvalue weighted by molar-refractivity contribution is 7.23. The topological polar surface area (TPSA) is 186 Å². The van der Waals surface area contributed by atoms with Crippen LogP contribution in [0.3, 0.4) is 0 Å². The van der Waals surface area contributed by atoms with Crippen LogP contribution in [0.4, 0.5) is 0 Å². The maximum atomic E-state index is 7.91. The highest BCUT2D eigenvalue weighted by Gasteiger charge is 2.37. The maximum absolute atomic E-state index is 7.91. The monoisotopic (exact) mass is 1290 g/mol. The zero-order chi connectivity index (χ0) is 65.4. The Morgan fingerprint density at radius 1 is 0.500 bits per heavy atom. The van der Waals surface area contributed by atoms with Gasteiger partial charge < -0.3 is 4.57 Å². The molecule has 25 heteroatoms. The fraction of sp³-hybridized carbons (Fsp3) is 0.0845. The van der Waals surface area contributed by atoms with Crippen molar-refractivity contribution in [3.8, 4) is 55.7 Å². The van der Waals surface area contributed by atoms with E-state index in [-0.39, 0.29) is 0 Å². The molecule has 25 rings (SSSR count). The number of hydrogen-bond acceptors (Lipinski definition) is 12. The van der Waals surface area contributed by atoms with Crippen molar-refractivity contribution < 1.29 is 26.4 Å². The molecule has 0 saturated carbocycles. The van der Waals surface area contributed by atoms with Gasteiger partial charge >= 0.3 is 10.7 Å². The first-order chi connectivity index (χ1) is 48.7. The number of imidazole rings is 7. The molecule has 0 bridgehead atoms. The highest BCUT2D eigenvalue weighted by atomic mass is 32.1. The van der Waals surface area contributed by atoms with Gasteiger partial charge in [-0.15, -0.1) is 0 Å². The van der Waals surface area contributed by atoms with Crippen LogP contribution in [0.2, 0.25) is 0 Å². The molecule has 0 unspecified atom stereocenters. The Labute approximate surface area is 553 Å². The number of aryl methyl sites for hydroxylation is 1. The van der Waals surface area contributed by atoms with Gasteiger partial charge in [-0.3, -0.25) is 48.8 Å². The number of thiazole rings is 2. The third kappa shape index (κ3) is 7.70. The van der Waals surface area contributed by atoms with E-state index >= 15 is 0 Å². The van der Waals surface area contributed by atoms with Gasteiger partial charge in [0.1, 0.15) is 66.3 Å². The van der Waals surface area contributed by atoms with Crippen molar-refractivity contribution in [3.63, 3.8) is 0 Å².